The molecule has 0 atom stereocenters. The zero-order valence-electron chi connectivity index (χ0n) is 11.6. The van der Waals surface area contributed by atoms with Crippen LogP contribution in [0.15, 0.2) is 23.4 Å². The van der Waals surface area contributed by atoms with Gasteiger partial charge in [-0.15, -0.1) is 0 Å². The van der Waals surface area contributed by atoms with Crippen LogP contribution in [0.3, 0.4) is 0 Å². The number of unbranched alkanes of at least 4 members (excludes halogenated alkanes) is 6. The number of pyridine rings is 1. The lowest BCUT2D eigenvalue weighted by Gasteiger charge is -2.06. The smallest absolute Gasteiger partial charge is 0.180 e. The van der Waals surface area contributed by atoms with Gasteiger partial charge in [-0.1, -0.05) is 45.4 Å². The third kappa shape index (κ3) is 5.59. The summed E-state index contributed by atoms with van der Waals surface area (Å²) in [4.78, 5) is 4.02. The van der Waals surface area contributed by atoms with Crippen LogP contribution in [0, 0.1) is 0 Å². The Kier molecular flexibility index (Phi) is 6.84. The van der Waals surface area contributed by atoms with Gasteiger partial charge in [0.2, 0.25) is 0 Å². The number of hydrogen-bond donors (Lipinski definition) is 1. The largest absolute Gasteiger partial charge is 0.396 e. The Hall–Kier alpha value is -1.10. The maximum Gasteiger partial charge on any atom is 0.180 e. The number of aromatic nitrogens is 1. The van der Waals surface area contributed by atoms with Gasteiger partial charge in [0.05, 0.1) is 22.5 Å². The molecule has 0 aliphatic rings. The zero-order chi connectivity index (χ0) is 14.1. The summed E-state index contributed by atoms with van der Waals surface area (Å²) in [5.41, 5.74) is 5.89. The van der Waals surface area contributed by atoms with E-state index in [1.165, 1.54) is 44.1 Å². The summed E-state index contributed by atoms with van der Waals surface area (Å²) >= 11 is 0. The fourth-order valence-corrected chi connectivity index (χ4v) is 3.52. The first-order valence-electron chi connectivity index (χ1n) is 7.00. The third-order valence-electron chi connectivity index (χ3n) is 3.16. The maximum atomic E-state index is 12.1. The van der Waals surface area contributed by atoms with Crippen molar-refractivity contribution in [3.63, 3.8) is 0 Å². The number of anilines is 1. The number of nitrogen functional groups attached to an aromatic ring is 1. The first-order valence-corrected chi connectivity index (χ1v) is 8.65. The Balaban J connectivity index is 2.34. The molecule has 1 aromatic heterocycles. The fourth-order valence-electron chi connectivity index (χ4n) is 2.04. The van der Waals surface area contributed by atoms with Crippen LogP contribution in [0.4, 0.5) is 5.69 Å². The second-order valence-corrected chi connectivity index (χ2v) is 6.93. The second-order valence-electron chi connectivity index (χ2n) is 4.85. The number of hydrogen-bond acceptors (Lipinski definition) is 4. The predicted octanol–water partition coefficient (Wildman–Crippen LogP) is 3.19. The highest BCUT2D eigenvalue weighted by atomic mass is 32.2. The van der Waals surface area contributed by atoms with E-state index < -0.39 is 9.84 Å². The average molecular weight is 284 g/mol. The maximum absolute atomic E-state index is 12.1. The van der Waals surface area contributed by atoms with E-state index in [4.69, 9.17) is 5.73 Å². The predicted molar refractivity (Wildman–Crippen MR) is 78.7 cm³/mol. The van der Waals surface area contributed by atoms with Crippen LogP contribution in [-0.2, 0) is 9.84 Å². The van der Waals surface area contributed by atoms with Crippen LogP contribution in [0.25, 0.3) is 0 Å². The van der Waals surface area contributed by atoms with E-state index in [-0.39, 0.29) is 16.3 Å². The molecule has 0 aliphatic heterocycles. The van der Waals surface area contributed by atoms with Gasteiger partial charge in [0, 0.05) is 6.20 Å². The monoisotopic (exact) mass is 284 g/mol. The SMILES string of the molecule is CCCCCCCCCS(=O)(=O)c1ccncc1N. The highest BCUT2D eigenvalue weighted by Crippen LogP contribution is 2.19. The topological polar surface area (TPSA) is 73.0 Å². The van der Waals surface area contributed by atoms with E-state index in [1.54, 1.807) is 0 Å². The van der Waals surface area contributed by atoms with Gasteiger partial charge in [0.1, 0.15) is 0 Å². The molecule has 1 aromatic rings. The molecule has 0 amide bonds. The molecule has 1 rings (SSSR count). The molecule has 5 heteroatoms. The van der Waals surface area contributed by atoms with Gasteiger partial charge in [-0.3, -0.25) is 4.98 Å². The van der Waals surface area contributed by atoms with Crippen molar-refractivity contribution in [1.82, 2.24) is 4.98 Å². The summed E-state index contributed by atoms with van der Waals surface area (Å²) < 4.78 is 24.2. The van der Waals surface area contributed by atoms with Crippen molar-refractivity contribution in [2.24, 2.45) is 0 Å². The van der Waals surface area contributed by atoms with E-state index in [0.717, 1.165) is 12.8 Å². The van der Waals surface area contributed by atoms with Crippen LogP contribution >= 0.6 is 0 Å². The van der Waals surface area contributed by atoms with Crippen molar-refractivity contribution >= 4 is 15.5 Å². The Bertz CT molecular complexity index is 472. The van der Waals surface area contributed by atoms with Gasteiger partial charge in [0.25, 0.3) is 0 Å². The van der Waals surface area contributed by atoms with E-state index >= 15 is 0 Å². The zero-order valence-corrected chi connectivity index (χ0v) is 12.5. The minimum atomic E-state index is -3.25. The van der Waals surface area contributed by atoms with Crippen molar-refractivity contribution in [3.8, 4) is 0 Å². The summed E-state index contributed by atoms with van der Waals surface area (Å²) in [6, 6.07) is 1.48. The third-order valence-corrected chi connectivity index (χ3v) is 5.03. The summed E-state index contributed by atoms with van der Waals surface area (Å²) in [6.45, 7) is 2.19. The molecule has 108 valence electrons. The van der Waals surface area contributed by atoms with Crippen molar-refractivity contribution in [2.45, 2.75) is 56.8 Å². The summed E-state index contributed by atoms with van der Waals surface area (Å²) in [7, 11) is -3.25. The molecule has 0 radical (unpaired) electrons. The van der Waals surface area contributed by atoms with Gasteiger partial charge in [0.15, 0.2) is 9.84 Å². The Morgan fingerprint density at radius 1 is 1.11 bits per heavy atom. The molecular formula is C14H24N2O2S. The van der Waals surface area contributed by atoms with Crippen LogP contribution < -0.4 is 5.73 Å². The molecule has 19 heavy (non-hydrogen) atoms. The highest BCUT2D eigenvalue weighted by molar-refractivity contribution is 7.91. The molecule has 0 fully saturated rings. The van der Waals surface area contributed by atoms with Gasteiger partial charge in [-0.2, -0.15) is 0 Å². The van der Waals surface area contributed by atoms with Crippen molar-refractivity contribution in [1.29, 1.82) is 0 Å². The Morgan fingerprint density at radius 2 is 1.74 bits per heavy atom. The molecule has 1 heterocycles. The van der Waals surface area contributed by atoms with Gasteiger partial charge >= 0.3 is 0 Å². The number of nitrogens with two attached hydrogens (primary N) is 1. The highest BCUT2D eigenvalue weighted by Gasteiger charge is 2.16. The fraction of sp³-hybridized carbons (Fsp3) is 0.643. The molecule has 4 nitrogen and oxygen atoms in total. The normalized spacial score (nSPS) is 11.6. The Morgan fingerprint density at radius 3 is 2.37 bits per heavy atom. The molecule has 0 aliphatic carbocycles. The summed E-state index contributed by atoms with van der Waals surface area (Å²) in [5.74, 6) is 0.176. The van der Waals surface area contributed by atoms with E-state index in [0.29, 0.717) is 6.42 Å². The number of rotatable bonds is 9. The van der Waals surface area contributed by atoms with Crippen LogP contribution in [0.1, 0.15) is 51.9 Å². The lowest BCUT2D eigenvalue weighted by molar-refractivity contribution is 0.579. The number of nitrogens with zero attached hydrogens (tertiary/aromatic N) is 1. The van der Waals surface area contributed by atoms with Gasteiger partial charge in [-0.05, 0) is 12.5 Å². The number of sulfone groups is 1. The second kappa shape index (κ2) is 8.15. The molecule has 0 bridgehead atoms. The van der Waals surface area contributed by atoms with Crippen LogP contribution in [-0.4, -0.2) is 19.2 Å². The quantitative estimate of drug-likeness (QED) is 0.707. The lowest BCUT2D eigenvalue weighted by atomic mass is 10.1. The minimum absolute atomic E-state index is 0.176. The van der Waals surface area contributed by atoms with E-state index in [1.807, 2.05) is 0 Å². The molecular weight excluding hydrogens is 260 g/mol. The molecule has 0 unspecified atom stereocenters. The van der Waals surface area contributed by atoms with E-state index in [2.05, 4.69) is 11.9 Å². The van der Waals surface area contributed by atoms with Crippen molar-refractivity contribution in [3.05, 3.63) is 18.5 Å². The summed E-state index contributed by atoms with van der Waals surface area (Å²) in [5, 5.41) is 0. The van der Waals surface area contributed by atoms with Crippen molar-refractivity contribution in [2.75, 3.05) is 11.5 Å². The Labute approximate surface area is 116 Å². The van der Waals surface area contributed by atoms with Crippen molar-refractivity contribution < 1.29 is 8.42 Å². The minimum Gasteiger partial charge on any atom is -0.396 e. The molecule has 0 aromatic carbocycles. The molecule has 0 saturated heterocycles. The first kappa shape index (κ1) is 16.0. The first-order chi connectivity index (χ1) is 9.08. The summed E-state index contributed by atoms with van der Waals surface area (Å²) in [6.07, 6.45) is 10.6. The average Bonchev–Trinajstić information content (AvgIpc) is 2.38. The van der Waals surface area contributed by atoms with Gasteiger partial charge in [-0.25, -0.2) is 8.42 Å². The standard InChI is InChI=1S/C14H24N2O2S/c1-2-3-4-5-6-7-8-11-19(17,18)14-9-10-16-12-13(14)15/h9-10,12H,2-8,11,15H2,1H3. The molecule has 2 N–H and O–H groups in total. The molecule has 0 spiro atoms. The van der Waals surface area contributed by atoms with Gasteiger partial charge < -0.3 is 5.73 Å². The van der Waals surface area contributed by atoms with Crippen LogP contribution in [0.2, 0.25) is 0 Å². The van der Waals surface area contributed by atoms with E-state index in [9.17, 15) is 8.42 Å². The van der Waals surface area contributed by atoms with Crippen LogP contribution in [0.5, 0.6) is 0 Å². The lowest BCUT2D eigenvalue weighted by Crippen LogP contribution is -2.09. The molecule has 0 saturated carbocycles.